The minimum Gasteiger partial charge on any atom is -0.457 e. The fourth-order valence-electron chi connectivity index (χ4n) is 1.61. The quantitative estimate of drug-likeness (QED) is 0.633. The highest BCUT2D eigenvalue weighted by Gasteiger charge is 2.16. The Morgan fingerprint density at radius 3 is 2.25 bits per heavy atom. The Kier molecular flexibility index (Phi) is 4.34. The van der Waals surface area contributed by atoms with Crippen LogP contribution in [0, 0.1) is 0 Å². The summed E-state index contributed by atoms with van der Waals surface area (Å²) in [6.07, 6.45) is -1.73. The first-order valence-corrected chi connectivity index (χ1v) is 5.86. The Morgan fingerprint density at radius 1 is 0.900 bits per heavy atom. The van der Waals surface area contributed by atoms with Gasteiger partial charge >= 0.3 is 12.1 Å². The van der Waals surface area contributed by atoms with Crippen molar-refractivity contribution in [3.8, 4) is 5.75 Å². The standard InChI is InChI=1S/C15H11O5/c16-14(19-10-11-6-2-1-3-7-11)12-8-4-5-9-13(12)20-15(17)18/h1-9H,10H2. The molecule has 20 heavy (non-hydrogen) atoms. The molecule has 2 aromatic rings. The molecule has 0 aromatic heterocycles. The zero-order valence-electron chi connectivity index (χ0n) is 10.4. The summed E-state index contributed by atoms with van der Waals surface area (Å²) in [6, 6.07) is 15.1. The van der Waals surface area contributed by atoms with Gasteiger partial charge < -0.3 is 9.47 Å². The molecule has 0 aliphatic rings. The Bertz CT molecular complexity index is 607. The molecule has 101 valence electrons. The van der Waals surface area contributed by atoms with Crippen LogP contribution in [0.1, 0.15) is 15.9 Å². The van der Waals surface area contributed by atoms with Crippen LogP contribution >= 0.6 is 0 Å². The second-order valence-electron chi connectivity index (χ2n) is 3.91. The molecule has 0 aliphatic carbocycles. The normalized spacial score (nSPS) is 9.80. The highest BCUT2D eigenvalue weighted by Crippen LogP contribution is 2.19. The Balaban J connectivity index is 2.07. The van der Waals surface area contributed by atoms with E-state index in [4.69, 9.17) is 4.74 Å². The zero-order chi connectivity index (χ0) is 14.4. The summed E-state index contributed by atoms with van der Waals surface area (Å²) in [6.45, 7) is 0.0966. The predicted octanol–water partition coefficient (Wildman–Crippen LogP) is 2.97. The molecule has 0 bridgehead atoms. The molecule has 0 unspecified atom stereocenters. The second-order valence-corrected chi connectivity index (χ2v) is 3.91. The van der Waals surface area contributed by atoms with Gasteiger partial charge in [0.15, 0.2) is 0 Å². The number of carbonyl (C=O) groups is 2. The Hall–Kier alpha value is -2.82. The number of esters is 1. The lowest BCUT2D eigenvalue weighted by atomic mass is 10.2. The van der Waals surface area contributed by atoms with E-state index >= 15 is 0 Å². The highest BCUT2D eigenvalue weighted by molar-refractivity contribution is 5.93. The molecular weight excluding hydrogens is 260 g/mol. The highest BCUT2D eigenvalue weighted by atomic mass is 16.7. The minimum atomic E-state index is -1.73. The van der Waals surface area contributed by atoms with Crippen molar-refractivity contribution in [2.75, 3.05) is 0 Å². The second kappa shape index (κ2) is 6.38. The molecule has 0 heterocycles. The van der Waals surface area contributed by atoms with Gasteiger partial charge in [0.25, 0.3) is 0 Å². The van der Waals surface area contributed by atoms with Gasteiger partial charge in [0.1, 0.15) is 17.9 Å². The van der Waals surface area contributed by atoms with Crippen LogP contribution in [0.5, 0.6) is 5.75 Å². The SMILES string of the molecule is [O]C(=O)Oc1ccccc1C(=O)OCc1ccccc1. The van der Waals surface area contributed by atoms with E-state index in [0.717, 1.165) is 5.56 Å². The van der Waals surface area contributed by atoms with E-state index in [1.807, 2.05) is 30.3 Å². The maximum atomic E-state index is 11.9. The number of ether oxygens (including phenoxy) is 2. The van der Waals surface area contributed by atoms with Crippen LogP contribution in [0.25, 0.3) is 0 Å². The van der Waals surface area contributed by atoms with Crippen molar-refractivity contribution in [1.82, 2.24) is 0 Å². The molecule has 0 saturated heterocycles. The first-order chi connectivity index (χ1) is 9.66. The lowest BCUT2D eigenvalue weighted by Crippen LogP contribution is -2.10. The van der Waals surface area contributed by atoms with Gasteiger partial charge in [0.05, 0.1) is 0 Å². The van der Waals surface area contributed by atoms with Crippen molar-refractivity contribution in [3.63, 3.8) is 0 Å². The number of carbonyl (C=O) groups excluding carboxylic acids is 2. The molecule has 0 N–H and O–H groups in total. The van der Waals surface area contributed by atoms with E-state index in [1.54, 1.807) is 12.1 Å². The number of rotatable bonds is 4. The third-order valence-electron chi connectivity index (χ3n) is 2.51. The number of para-hydroxylation sites is 1. The average Bonchev–Trinajstić information content (AvgIpc) is 2.46. The van der Waals surface area contributed by atoms with Gasteiger partial charge in [-0.05, 0) is 17.7 Å². The molecular formula is C15H11O5. The monoisotopic (exact) mass is 271 g/mol. The topological polar surface area (TPSA) is 72.5 Å². The largest absolute Gasteiger partial charge is 0.555 e. The van der Waals surface area contributed by atoms with Crippen LogP contribution < -0.4 is 4.74 Å². The van der Waals surface area contributed by atoms with Gasteiger partial charge in [0, 0.05) is 0 Å². The first kappa shape index (κ1) is 13.6. The number of hydrogen-bond acceptors (Lipinski definition) is 4. The van der Waals surface area contributed by atoms with Crippen molar-refractivity contribution in [1.29, 1.82) is 0 Å². The summed E-state index contributed by atoms with van der Waals surface area (Å²) in [4.78, 5) is 22.3. The molecule has 0 atom stereocenters. The first-order valence-electron chi connectivity index (χ1n) is 5.86. The van der Waals surface area contributed by atoms with Crippen LogP contribution in [0.2, 0.25) is 0 Å². The van der Waals surface area contributed by atoms with Gasteiger partial charge in [-0.1, -0.05) is 42.5 Å². The van der Waals surface area contributed by atoms with E-state index in [9.17, 15) is 14.7 Å². The van der Waals surface area contributed by atoms with Gasteiger partial charge in [-0.15, -0.1) is 0 Å². The summed E-state index contributed by atoms with van der Waals surface area (Å²) < 4.78 is 9.53. The van der Waals surface area contributed by atoms with Crippen LogP contribution in [-0.4, -0.2) is 12.1 Å². The summed E-state index contributed by atoms with van der Waals surface area (Å²) in [5.41, 5.74) is 0.867. The lowest BCUT2D eigenvalue weighted by molar-refractivity contribution is 0.0468. The molecule has 5 heteroatoms. The third-order valence-corrected chi connectivity index (χ3v) is 2.51. The fraction of sp³-hybridized carbons (Fsp3) is 0.0667. The van der Waals surface area contributed by atoms with Gasteiger partial charge in [0.2, 0.25) is 0 Å². The molecule has 2 aromatic carbocycles. The summed E-state index contributed by atoms with van der Waals surface area (Å²) >= 11 is 0. The van der Waals surface area contributed by atoms with Gasteiger partial charge in [-0.2, -0.15) is 9.90 Å². The van der Waals surface area contributed by atoms with Crippen LogP contribution in [-0.2, 0) is 16.5 Å². The Labute approximate surface area is 115 Å². The summed E-state index contributed by atoms with van der Waals surface area (Å²) in [7, 11) is 0. The van der Waals surface area contributed by atoms with Crippen molar-refractivity contribution in [2.24, 2.45) is 0 Å². The van der Waals surface area contributed by atoms with Crippen LogP contribution in [0.3, 0.4) is 0 Å². The maximum Gasteiger partial charge on any atom is 0.555 e. The van der Waals surface area contributed by atoms with E-state index in [2.05, 4.69) is 4.74 Å². The average molecular weight is 271 g/mol. The van der Waals surface area contributed by atoms with Crippen molar-refractivity contribution >= 4 is 12.1 Å². The summed E-state index contributed by atoms with van der Waals surface area (Å²) in [5.74, 6) is -0.767. The number of hydrogen-bond donors (Lipinski definition) is 0. The third kappa shape index (κ3) is 3.58. The van der Waals surface area contributed by atoms with E-state index < -0.39 is 12.1 Å². The van der Waals surface area contributed by atoms with E-state index in [0.29, 0.717) is 0 Å². The smallest absolute Gasteiger partial charge is 0.457 e. The van der Waals surface area contributed by atoms with Gasteiger partial charge in [-0.3, -0.25) is 0 Å². The zero-order valence-corrected chi connectivity index (χ0v) is 10.4. The predicted molar refractivity (Wildman–Crippen MR) is 68.7 cm³/mol. The molecule has 0 fully saturated rings. The van der Waals surface area contributed by atoms with E-state index in [-0.39, 0.29) is 17.9 Å². The molecule has 2 rings (SSSR count). The van der Waals surface area contributed by atoms with Crippen LogP contribution in [0.15, 0.2) is 54.6 Å². The van der Waals surface area contributed by atoms with Crippen molar-refractivity contribution in [2.45, 2.75) is 6.61 Å². The lowest BCUT2D eigenvalue weighted by Gasteiger charge is -2.08. The summed E-state index contributed by atoms with van der Waals surface area (Å²) in [5, 5.41) is 10.4. The molecule has 1 radical (unpaired) electrons. The maximum absolute atomic E-state index is 11.9. The molecule has 0 amide bonds. The molecule has 0 saturated carbocycles. The van der Waals surface area contributed by atoms with Gasteiger partial charge in [-0.25, -0.2) is 4.79 Å². The van der Waals surface area contributed by atoms with Crippen molar-refractivity contribution < 1.29 is 24.2 Å². The van der Waals surface area contributed by atoms with Crippen molar-refractivity contribution in [3.05, 3.63) is 65.7 Å². The number of benzene rings is 2. The minimum absolute atomic E-state index is 0.0348. The van der Waals surface area contributed by atoms with Crippen LogP contribution in [0.4, 0.5) is 4.79 Å². The molecule has 0 aliphatic heterocycles. The van der Waals surface area contributed by atoms with E-state index in [1.165, 1.54) is 12.1 Å². The molecule has 0 spiro atoms. The Morgan fingerprint density at radius 2 is 1.55 bits per heavy atom. The fourth-order valence-corrected chi connectivity index (χ4v) is 1.61. The molecule has 5 nitrogen and oxygen atoms in total.